The van der Waals surface area contributed by atoms with Crippen LogP contribution in [0.5, 0.6) is 0 Å². The van der Waals surface area contributed by atoms with Crippen molar-refractivity contribution in [2.24, 2.45) is 0 Å². The van der Waals surface area contributed by atoms with Crippen LogP contribution in [0.2, 0.25) is 0 Å². The lowest BCUT2D eigenvalue weighted by Crippen LogP contribution is -1.97. The average Bonchev–Trinajstić information content (AvgIpc) is 2.34. The van der Waals surface area contributed by atoms with Gasteiger partial charge in [0.25, 0.3) is 0 Å². The van der Waals surface area contributed by atoms with Gasteiger partial charge in [0.15, 0.2) is 0 Å². The summed E-state index contributed by atoms with van der Waals surface area (Å²) < 4.78 is 4.66. The van der Waals surface area contributed by atoms with Gasteiger partial charge in [-0.1, -0.05) is 36.3 Å². The van der Waals surface area contributed by atoms with Gasteiger partial charge in [0.1, 0.15) is 6.61 Å². The molecule has 0 saturated carbocycles. The highest BCUT2D eigenvalue weighted by molar-refractivity contribution is 6.09. The highest BCUT2D eigenvalue weighted by Crippen LogP contribution is 1.98. The molecule has 0 unspecified atom stereocenters. The zero-order valence-corrected chi connectivity index (χ0v) is 9.47. The zero-order valence-electron chi connectivity index (χ0n) is 9.47. The molecular formula is C14H12O3. The van der Waals surface area contributed by atoms with Crippen LogP contribution in [0.25, 0.3) is 0 Å². The van der Waals surface area contributed by atoms with Crippen LogP contribution in [-0.2, 0) is 9.53 Å². The third-order valence-electron chi connectivity index (χ3n) is 1.81. The number of hydrogen-bond acceptors (Lipinski definition) is 3. The van der Waals surface area contributed by atoms with Gasteiger partial charge >= 0.3 is 5.97 Å². The second-order valence-corrected chi connectivity index (χ2v) is 3.17. The second-order valence-electron chi connectivity index (χ2n) is 3.17. The summed E-state index contributed by atoms with van der Waals surface area (Å²) in [5.74, 6) is 4.48. The molecule has 0 atom stereocenters. The Morgan fingerprint density at radius 3 is 2.65 bits per heavy atom. The van der Waals surface area contributed by atoms with E-state index in [1.807, 2.05) is 6.07 Å². The predicted octanol–water partition coefficient (Wildman–Crippen LogP) is 1.99. The molecule has 0 aliphatic rings. The van der Waals surface area contributed by atoms with Gasteiger partial charge in [-0.2, -0.15) is 0 Å². The minimum absolute atomic E-state index is 0.170. The van der Waals surface area contributed by atoms with Gasteiger partial charge in [-0.25, -0.2) is 0 Å². The van der Waals surface area contributed by atoms with E-state index in [1.54, 1.807) is 30.3 Å². The Kier molecular flexibility index (Phi) is 5.26. The number of ether oxygens (including phenoxy) is 1. The number of ketones is 1. The summed E-state index contributed by atoms with van der Waals surface area (Å²) in [5.41, 5.74) is 0.563. The summed E-state index contributed by atoms with van der Waals surface area (Å²) in [6.45, 7) is 1.50. The lowest BCUT2D eigenvalue weighted by Gasteiger charge is -1.92. The van der Waals surface area contributed by atoms with Crippen molar-refractivity contribution < 1.29 is 14.3 Å². The minimum Gasteiger partial charge on any atom is -0.462 e. The first-order valence-corrected chi connectivity index (χ1v) is 5.09. The SMILES string of the molecule is CC(=O)OC/C=C\C#CC(=O)c1ccccc1. The summed E-state index contributed by atoms with van der Waals surface area (Å²) in [6.07, 6.45) is 3.07. The van der Waals surface area contributed by atoms with Crippen LogP contribution in [0.15, 0.2) is 42.5 Å². The highest BCUT2D eigenvalue weighted by Gasteiger charge is 1.97. The van der Waals surface area contributed by atoms with Gasteiger partial charge in [-0.3, -0.25) is 9.59 Å². The van der Waals surface area contributed by atoms with Crippen LogP contribution in [-0.4, -0.2) is 18.4 Å². The number of esters is 1. The third-order valence-corrected chi connectivity index (χ3v) is 1.81. The fraction of sp³-hybridized carbons (Fsp3) is 0.143. The van der Waals surface area contributed by atoms with Gasteiger partial charge in [0, 0.05) is 12.5 Å². The number of benzene rings is 1. The molecule has 17 heavy (non-hydrogen) atoms. The molecule has 86 valence electrons. The Hall–Kier alpha value is -2.34. The maximum atomic E-state index is 11.5. The molecule has 0 bridgehead atoms. The molecule has 0 heterocycles. The number of carbonyl (C=O) groups excluding carboxylic acids is 2. The molecule has 0 fully saturated rings. The molecule has 0 amide bonds. The smallest absolute Gasteiger partial charge is 0.302 e. The maximum absolute atomic E-state index is 11.5. The molecule has 1 aromatic carbocycles. The van der Waals surface area contributed by atoms with Crippen molar-refractivity contribution in [1.29, 1.82) is 0 Å². The Bertz CT molecular complexity index is 475. The lowest BCUT2D eigenvalue weighted by molar-refractivity contribution is -0.139. The number of carbonyl (C=O) groups is 2. The van der Waals surface area contributed by atoms with Crippen molar-refractivity contribution >= 4 is 11.8 Å². The van der Waals surface area contributed by atoms with Crippen LogP contribution in [0.3, 0.4) is 0 Å². The van der Waals surface area contributed by atoms with E-state index in [0.717, 1.165) is 0 Å². The van der Waals surface area contributed by atoms with Crippen LogP contribution in [0, 0.1) is 11.8 Å². The monoisotopic (exact) mass is 228 g/mol. The summed E-state index contributed by atoms with van der Waals surface area (Å²) in [7, 11) is 0. The fourth-order valence-electron chi connectivity index (χ4n) is 1.04. The molecule has 0 N–H and O–H groups in total. The second kappa shape index (κ2) is 7.02. The number of rotatable bonds is 3. The first kappa shape index (κ1) is 12.7. The van der Waals surface area contributed by atoms with E-state index in [0.29, 0.717) is 5.56 Å². The van der Waals surface area contributed by atoms with E-state index in [1.165, 1.54) is 13.0 Å². The van der Waals surface area contributed by atoms with E-state index < -0.39 is 0 Å². The standard InChI is InChI=1S/C14H12O3/c1-12(15)17-11-7-3-6-10-14(16)13-8-4-2-5-9-13/h2-5,7-9H,11H2,1H3/b7-3-. The molecule has 0 aliphatic carbocycles. The van der Waals surface area contributed by atoms with Crippen LogP contribution in [0.4, 0.5) is 0 Å². The van der Waals surface area contributed by atoms with Crippen LogP contribution >= 0.6 is 0 Å². The minimum atomic E-state index is -0.344. The van der Waals surface area contributed by atoms with Gasteiger partial charge in [-0.15, -0.1) is 0 Å². The molecule has 1 aromatic rings. The van der Waals surface area contributed by atoms with Gasteiger partial charge in [-0.05, 0) is 18.1 Å². The third kappa shape index (κ3) is 5.33. The van der Waals surface area contributed by atoms with Gasteiger partial charge < -0.3 is 4.74 Å². The predicted molar refractivity (Wildman–Crippen MR) is 64.3 cm³/mol. The van der Waals surface area contributed by atoms with E-state index in [-0.39, 0.29) is 18.4 Å². The summed E-state index contributed by atoms with van der Waals surface area (Å²) in [4.78, 5) is 21.9. The van der Waals surface area contributed by atoms with E-state index in [2.05, 4.69) is 16.6 Å². The van der Waals surface area contributed by atoms with Crippen molar-refractivity contribution in [2.75, 3.05) is 6.61 Å². The quantitative estimate of drug-likeness (QED) is 0.344. The largest absolute Gasteiger partial charge is 0.462 e. The van der Waals surface area contributed by atoms with Crippen LogP contribution in [0.1, 0.15) is 17.3 Å². The molecule has 3 heteroatoms. The Morgan fingerprint density at radius 2 is 2.00 bits per heavy atom. The van der Waals surface area contributed by atoms with Crippen molar-refractivity contribution in [3.8, 4) is 11.8 Å². The fourth-order valence-corrected chi connectivity index (χ4v) is 1.04. The highest BCUT2D eigenvalue weighted by atomic mass is 16.5. The normalized spacial score (nSPS) is 9.47. The molecule has 3 nitrogen and oxygen atoms in total. The van der Waals surface area contributed by atoms with Gasteiger partial charge in [0.05, 0.1) is 0 Å². The molecule has 0 aromatic heterocycles. The maximum Gasteiger partial charge on any atom is 0.302 e. The first-order chi connectivity index (χ1) is 8.20. The first-order valence-electron chi connectivity index (χ1n) is 5.09. The number of hydrogen-bond donors (Lipinski definition) is 0. The van der Waals surface area contributed by atoms with Crippen LogP contribution < -0.4 is 0 Å². The van der Waals surface area contributed by atoms with Gasteiger partial charge in [0.2, 0.25) is 5.78 Å². The molecule has 0 radical (unpaired) electrons. The van der Waals surface area contributed by atoms with E-state index in [4.69, 9.17) is 0 Å². The average molecular weight is 228 g/mol. The van der Waals surface area contributed by atoms with Crippen molar-refractivity contribution in [1.82, 2.24) is 0 Å². The molecular weight excluding hydrogens is 216 g/mol. The lowest BCUT2D eigenvalue weighted by atomic mass is 10.1. The summed E-state index contributed by atoms with van der Waals surface area (Å²) in [5, 5.41) is 0. The summed E-state index contributed by atoms with van der Waals surface area (Å²) in [6, 6.07) is 8.82. The van der Waals surface area contributed by atoms with E-state index in [9.17, 15) is 9.59 Å². The number of Topliss-reactive ketones (excluding diaryl/α,β-unsaturated/α-hetero) is 1. The molecule has 1 rings (SSSR count). The molecule has 0 saturated heterocycles. The molecule has 0 spiro atoms. The Balaban J connectivity index is 2.45. The van der Waals surface area contributed by atoms with Crippen molar-refractivity contribution in [3.05, 3.63) is 48.0 Å². The zero-order chi connectivity index (χ0) is 12.5. The Morgan fingerprint density at radius 1 is 1.29 bits per heavy atom. The van der Waals surface area contributed by atoms with E-state index >= 15 is 0 Å². The van der Waals surface area contributed by atoms with Crippen molar-refractivity contribution in [3.63, 3.8) is 0 Å². The topological polar surface area (TPSA) is 43.4 Å². The summed E-state index contributed by atoms with van der Waals surface area (Å²) >= 11 is 0. The number of allylic oxidation sites excluding steroid dienone is 1. The van der Waals surface area contributed by atoms with Crippen molar-refractivity contribution in [2.45, 2.75) is 6.92 Å². The Labute approximate surface area is 100 Å². The molecule has 0 aliphatic heterocycles.